The van der Waals surface area contributed by atoms with Crippen LogP contribution in [0.15, 0.2) is 24.3 Å². The van der Waals surface area contributed by atoms with Gasteiger partial charge in [-0.2, -0.15) is 0 Å². The van der Waals surface area contributed by atoms with E-state index in [0.29, 0.717) is 22.5 Å². The van der Waals surface area contributed by atoms with E-state index in [-0.39, 0.29) is 18.3 Å². The second-order valence-corrected chi connectivity index (χ2v) is 5.66. The van der Waals surface area contributed by atoms with E-state index < -0.39 is 0 Å². The van der Waals surface area contributed by atoms with Gasteiger partial charge in [0.25, 0.3) is 5.91 Å². The van der Waals surface area contributed by atoms with Crippen LogP contribution in [0.4, 0.5) is 0 Å². The molecule has 104 valence electrons. The number of rotatable bonds is 2. The lowest BCUT2D eigenvalue weighted by molar-refractivity contribution is -0.0000129. The summed E-state index contributed by atoms with van der Waals surface area (Å²) in [5.74, 6) is 0.677. The van der Waals surface area contributed by atoms with Gasteiger partial charge < -0.3 is 22.6 Å². The molecule has 4 rings (SSSR count). The fraction of sp³-hybridized carbons (Fsp3) is 0.500. The zero-order chi connectivity index (χ0) is 12.5. The predicted molar refractivity (Wildman–Crippen MR) is 71.9 cm³/mol. The SMILES string of the molecule is O=C(N[C@H]1CN2CCC1CC2)c1ccc(Cl)cc1.[Cl-]. The van der Waals surface area contributed by atoms with Crippen LogP contribution in [0, 0.1) is 5.92 Å². The van der Waals surface area contributed by atoms with Crippen LogP contribution in [0.3, 0.4) is 0 Å². The molecule has 1 aromatic carbocycles. The molecule has 3 heterocycles. The second kappa shape index (κ2) is 6.12. The minimum absolute atomic E-state index is 0. The van der Waals surface area contributed by atoms with Gasteiger partial charge in [-0.1, -0.05) is 11.6 Å². The van der Waals surface area contributed by atoms with Gasteiger partial charge in [-0.3, -0.25) is 4.79 Å². The summed E-state index contributed by atoms with van der Waals surface area (Å²) in [4.78, 5) is 14.6. The molecule has 5 heteroatoms. The molecule has 1 N–H and O–H groups in total. The molecule has 3 fully saturated rings. The van der Waals surface area contributed by atoms with Crippen LogP contribution < -0.4 is 17.7 Å². The molecule has 0 saturated carbocycles. The highest BCUT2D eigenvalue weighted by molar-refractivity contribution is 6.30. The minimum Gasteiger partial charge on any atom is -1.00 e. The lowest BCUT2D eigenvalue weighted by Crippen LogP contribution is -3.00. The van der Waals surface area contributed by atoms with Crippen molar-refractivity contribution in [1.29, 1.82) is 0 Å². The van der Waals surface area contributed by atoms with E-state index in [9.17, 15) is 4.79 Å². The quantitative estimate of drug-likeness (QED) is 0.773. The van der Waals surface area contributed by atoms with Crippen LogP contribution in [-0.2, 0) is 0 Å². The van der Waals surface area contributed by atoms with Crippen LogP contribution in [0.1, 0.15) is 23.2 Å². The highest BCUT2D eigenvalue weighted by Crippen LogP contribution is 2.27. The van der Waals surface area contributed by atoms with Gasteiger partial charge in [0.15, 0.2) is 0 Å². The van der Waals surface area contributed by atoms with Crippen LogP contribution in [0.5, 0.6) is 0 Å². The molecule has 0 aliphatic carbocycles. The maximum atomic E-state index is 12.1. The van der Waals surface area contributed by atoms with Crippen molar-refractivity contribution < 1.29 is 17.2 Å². The molecule has 0 spiro atoms. The average Bonchev–Trinajstić information content (AvgIpc) is 2.41. The summed E-state index contributed by atoms with van der Waals surface area (Å²) in [7, 11) is 0. The summed E-state index contributed by atoms with van der Waals surface area (Å²) in [5, 5.41) is 3.82. The first-order valence-corrected chi connectivity index (χ1v) is 6.89. The standard InChI is InChI=1S/C14H17ClN2O.ClH/c15-12-3-1-11(2-4-12)14(18)16-13-9-17-7-5-10(13)6-8-17;/h1-4,10,13H,5-9H2,(H,16,18);1H/p-1/t13-;/m0./s1. The fourth-order valence-corrected chi connectivity index (χ4v) is 3.11. The Bertz CT molecular complexity index is 441. The molecule has 1 atom stereocenters. The van der Waals surface area contributed by atoms with Crippen molar-refractivity contribution >= 4 is 17.5 Å². The van der Waals surface area contributed by atoms with Crippen LogP contribution in [0.2, 0.25) is 5.02 Å². The van der Waals surface area contributed by atoms with E-state index in [4.69, 9.17) is 11.6 Å². The first kappa shape index (κ1) is 14.6. The molecular formula is C14H17Cl2N2O-. The fourth-order valence-electron chi connectivity index (χ4n) is 2.98. The van der Waals surface area contributed by atoms with E-state index in [1.165, 1.54) is 25.9 Å². The van der Waals surface area contributed by atoms with Crippen molar-refractivity contribution in [2.75, 3.05) is 19.6 Å². The highest BCUT2D eigenvalue weighted by atomic mass is 35.5. The van der Waals surface area contributed by atoms with Gasteiger partial charge in [0.1, 0.15) is 0 Å². The van der Waals surface area contributed by atoms with Crippen molar-refractivity contribution in [1.82, 2.24) is 10.2 Å². The van der Waals surface area contributed by atoms with Crippen LogP contribution in [0.25, 0.3) is 0 Å². The Morgan fingerprint density at radius 2 is 1.84 bits per heavy atom. The van der Waals surface area contributed by atoms with Crippen molar-refractivity contribution in [3.8, 4) is 0 Å². The summed E-state index contributed by atoms with van der Waals surface area (Å²) < 4.78 is 0. The zero-order valence-electron chi connectivity index (χ0n) is 10.6. The third-order valence-corrected chi connectivity index (χ3v) is 4.33. The average molecular weight is 300 g/mol. The number of fused-ring (bicyclic) bond motifs is 3. The summed E-state index contributed by atoms with van der Waals surface area (Å²) in [6.07, 6.45) is 2.43. The number of amides is 1. The van der Waals surface area contributed by atoms with E-state index in [2.05, 4.69) is 10.2 Å². The number of hydrogen-bond acceptors (Lipinski definition) is 2. The Balaban J connectivity index is 0.00000133. The molecule has 1 amide bonds. The highest BCUT2D eigenvalue weighted by Gasteiger charge is 2.34. The van der Waals surface area contributed by atoms with E-state index >= 15 is 0 Å². The summed E-state index contributed by atoms with van der Waals surface area (Å²) in [5.41, 5.74) is 0.691. The Labute approximate surface area is 124 Å². The molecular weight excluding hydrogens is 283 g/mol. The van der Waals surface area contributed by atoms with Gasteiger partial charge >= 0.3 is 0 Å². The molecule has 0 radical (unpaired) electrons. The van der Waals surface area contributed by atoms with Gasteiger partial charge in [0.05, 0.1) is 0 Å². The Hall–Kier alpha value is -0.770. The number of benzene rings is 1. The summed E-state index contributed by atoms with van der Waals surface area (Å²) in [6.45, 7) is 3.39. The molecule has 0 aromatic heterocycles. The van der Waals surface area contributed by atoms with Crippen molar-refractivity contribution in [2.45, 2.75) is 18.9 Å². The van der Waals surface area contributed by atoms with E-state index in [1.807, 2.05) is 0 Å². The maximum Gasteiger partial charge on any atom is 0.251 e. The maximum absolute atomic E-state index is 12.1. The number of nitrogens with one attached hydrogen (secondary N) is 1. The lowest BCUT2D eigenvalue weighted by atomic mass is 9.84. The topological polar surface area (TPSA) is 32.3 Å². The van der Waals surface area contributed by atoms with Gasteiger partial charge in [0.2, 0.25) is 0 Å². The Morgan fingerprint density at radius 1 is 1.21 bits per heavy atom. The molecule has 3 aliphatic heterocycles. The molecule has 1 aromatic rings. The van der Waals surface area contributed by atoms with Crippen LogP contribution in [-0.4, -0.2) is 36.5 Å². The summed E-state index contributed by atoms with van der Waals surface area (Å²) >= 11 is 5.82. The third kappa shape index (κ3) is 3.22. The monoisotopic (exact) mass is 299 g/mol. The van der Waals surface area contributed by atoms with Crippen molar-refractivity contribution in [3.63, 3.8) is 0 Å². The van der Waals surface area contributed by atoms with Crippen molar-refractivity contribution in [3.05, 3.63) is 34.9 Å². The summed E-state index contributed by atoms with van der Waals surface area (Å²) in [6, 6.07) is 7.38. The second-order valence-electron chi connectivity index (χ2n) is 5.22. The Kier molecular flexibility index (Phi) is 4.71. The van der Waals surface area contributed by atoms with Gasteiger partial charge in [-0.05, 0) is 56.1 Å². The smallest absolute Gasteiger partial charge is 0.251 e. The molecule has 3 saturated heterocycles. The van der Waals surface area contributed by atoms with Gasteiger partial charge in [0, 0.05) is 23.2 Å². The largest absolute Gasteiger partial charge is 1.00 e. The zero-order valence-corrected chi connectivity index (χ0v) is 12.1. The molecule has 0 unspecified atom stereocenters. The Morgan fingerprint density at radius 3 is 2.37 bits per heavy atom. The first-order valence-electron chi connectivity index (χ1n) is 6.51. The normalized spacial score (nSPS) is 28.6. The molecule has 19 heavy (non-hydrogen) atoms. The molecule has 2 bridgehead atoms. The lowest BCUT2D eigenvalue weighted by Gasteiger charge is -2.44. The number of halogens is 2. The predicted octanol–water partition coefficient (Wildman–Crippen LogP) is -0.832. The number of nitrogens with zero attached hydrogens (tertiary/aromatic N) is 1. The van der Waals surface area contributed by atoms with E-state index in [0.717, 1.165) is 6.54 Å². The van der Waals surface area contributed by atoms with Crippen molar-refractivity contribution in [2.24, 2.45) is 5.92 Å². The number of carbonyl (C=O) groups excluding carboxylic acids is 1. The number of carbonyl (C=O) groups is 1. The number of hydrogen-bond donors (Lipinski definition) is 1. The molecule has 3 nitrogen and oxygen atoms in total. The minimum atomic E-state index is 0. The first-order chi connectivity index (χ1) is 8.72. The van der Waals surface area contributed by atoms with Crippen LogP contribution >= 0.6 is 11.6 Å². The van der Waals surface area contributed by atoms with Gasteiger partial charge in [-0.15, -0.1) is 0 Å². The molecule has 3 aliphatic rings. The van der Waals surface area contributed by atoms with Gasteiger partial charge in [-0.25, -0.2) is 0 Å². The third-order valence-electron chi connectivity index (χ3n) is 4.08. The number of piperidine rings is 3. The van der Waals surface area contributed by atoms with E-state index in [1.54, 1.807) is 24.3 Å².